The lowest BCUT2D eigenvalue weighted by molar-refractivity contribution is 0.0938. The van der Waals surface area contributed by atoms with E-state index in [-0.39, 0.29) is 17.8 Å². The van der Waals surface area contributed by atoms with E-state index in [9.17, 15) is 9.18 Å². The molecule has 1 aromatic rings. The Labute approximate surface area is 101 Å². The summed E-state index contributed by atoms with van der Waals surface area (Å²) in [5.74, 6) is -0.463. The molecule has 94 valence electrons. The lowest BCUT2D eigenvalue weighted by atomic mass is 10.1. The van der Waals surface area contributed by atoms with E-state index < -0.39 is 0 Å². The highest BCUT2D eigenvalue weighted by Crippen LogP contribution is 2.09. The molecule has 3 nitrogen and oxygen atoms in total. The molecule has 0 aliphatic heterocycles. The number of nitrogens with two attached hydrogens (primary N) is 1. The summed E-state index contributed by atoms with van der Waals surface area (Å²) in [7, 11) is 0. The predicted octanol–water partition coefficient (Wildman–Crippen LogP) is 1.99. The van der Waals surface area contributed by atoms with Crippen LogP contribution in [0.3, 0.4) is 0 Å². The molecule has 0 aliphatic carbocycles. The van der Waals surface area contributed by atoms with E-state index in [2.05, 4.69) is 5.32 Å². The number of rotatable bonds is 5. The Kier molecular flexibility index (Phi) is 5.10. The first-order valence-electron chi connectivity index (χ1n) is 5.81. The maximum Gasteiger partial charge on any atom is 0.251 e. The van der Waals surface area contributed by atoms with Gasteiger partial charge in [0.25, 0.3) is 5.91 Å². The zero-order valence-corrected chi connectivity index (χ0v) is 10.3. The van der Waals surface area contributed by atoms with Crippen molar-refractivity contribution in [2.45, 2.75) is 32.7 Å². The fraction of sp³-hybridized carbons (Fsp3) is 0.462. The molecular formula is C13H19FN2O. The second kappa shape index (κ2) is 6.35. The first-order valence-corrected chi connectivity index (χ1v) is 5.81. The molecule has 0 fully saturated rings. The number of amides is 1. The van der Waals surface area contributed by atoms with Crippen molar-refractivity contribution >= 4 is 5.91 Å². The number of hydrogen-bond donors (Lipinski definition) is 2. The standard InChI is InChI=1S/C13H19FN2O/c1-9-8-11(5-6-12(9)14)13(17)16-10(2)4-3-7-15/h5-6,8,10H,3-4,7,15H2,1-2H3,(H,16,17). The van der Waals surface area contributed by atoms with Gasteiger partial charge < -0.3 is 11.1 Å². The molecule has 0 saturated carbocycles. The fourth-order valence-corrected chi connectivity index (χ4v) is 1.59. The van der Waals surface area contributed by atoms with Crippen molar-refractivity contribution in [1.82, 2.24) is 5.32 Å². The van der Waals surface area contributed by atoms with Gasteiger partial charge in [0.1, 0.15) is 5.82 Å². The Balaban J connectivity index is 2.60. The van der Waals surface area contributed by atoms with Gasteiger partial charge in [-0.2, -0.15) is 0 Å². The molecule has 1 aromatic carbocycles. The van der Waals surface area contributed by atoms with E-state index in [0.717, 1.165) is 12.8 Å². The van der Waals surface area contributed by atoms with Crippen molar-refractivity contribution in [3.05, 3.63) is 35.1 Å². The second-order valence-corrected chi connectivity index (χ2v) is 4.27. The van der Waals surface area contributed by atoms with Gasteiger partial charge in [0.15, 0.2) is 0 Å². The van der Waals surface area contributed by atoms with E-state index in [4.69, 9.17) is 5.73 Å². The van der Waals surface area contributed by atoms with Crippen LogP contribution in [-0.4, -0.2) is 18.5 Å². The largest absolute Gasteiger partial charge is 0.350 e. The van der Waals surface area contributed by atoms with Crippen LogP contribution in [0.15, 0.2) is 18.2 Å². The van der Waals surface area contributed by atoms with Gasteiger partial charge in [0, 0.05) is 11.6 Å². The zero-order valence-electron chi connectivity index (χ0n) is 10.3. The van der Waals surface area contributed by atoms with Crippen LogP contribution in [0.2, 0.25) is 0 Å². The van der Waals surface area contributed by atoms with E-state index in [1.807, 2.05) is 6.92 Å². The van der Waals surface area contributed by atoms with Crippen molar-refractivity contribution in [1.29, 1.82) is 0 Å². The number of carbonyl (C=O) groups excluding carboxylic acids is 1. The van der Waals surface area contributed by atoms with Crippen LogP contribution in [0.5, 0.6) is 0 Å². The Bertz CT molecular complexity index is 393. The van der Waals surface area contributed by atoms with Gasteiger partial charge in [-0.05, 0) is 57.0 Å². The quantitative estimate of drug-likeness (QED) is 0.824. The summed E-state index contributed by atoms with van der Waals surface area (Å²) >= 11 is 0. The fourth-order valence-electron chi connectivity index (χ4n) is 1.59. The summed E-state index contributed by atoms with van der Waals surface area (Å²) < 4.78 is 13.0. The van der Waals surface area contributed by atoms with E-state index in [0.29, 0.717) is 17.7 Å². The second-order valence-electron chi connectivity index (χ2n) is 4.27. The third kappa shape index (κ3) is 4.15. The normalized spacial score (nSPS) is 12.2. The summed E-state index contributed by atoms with van der Waals surface area (Å²) in [5, 5.41) is 2.86. The minimum atomic E-state index is -0.294. The zero-order chi connectivity index (χ0) is 12.8. The Morgan fingerprint density at radius 1 is 1.53 bits per heavy atom. The van der Waals surface area contributed by atoms with Gasteiger partial charge in [-0.3, -0.25) is 4.79 Å². The number of benzene rings is 1. The SMILES string of the molecule is Cc1cc(C(=O)NC(C)CCCN)ccc1F. The molecule has 0 heterocycles. The van der Waals surface area contributed by atoms with E-state index in [1.165, 1.54) is 12.1 Å². The number of hydrogen-bond acceptors (Lipinski definition) is 2. The van der Waals surface area contributed by atoms with Crippen molar-refractivity contribution < 1.29 is 9.18 Å². The van der Waals surface area contributed by atoms with Crippen molar-refractivity contribution in [2.75, 3.05) is 6.54 Å². The minimum Gasteiger partial charge on any atom is -0.350 e. The van der Waals surface area contributed by atoms with Crippen LogP contribution in [0, 0.1) is 12.7 Å². The third-order valence-electron chi connectivity index (χ3n) is 2.64. The molecule has 0 spiro atoms. The van der Waals surface area contributed by atoms with Gasteiger partial charge in [0.2, 0.25) is 0 Å². The highest BCUT2D eigenvalue weighted by atomic mass is 19.1. The lowest BCUT2D eigenvalue weighted by Gasteiger charge is -2.13. The lowest BCUT2D eigenvalue weighted by Crippen LogP contribution is -2.32. The molecule has 1 rings (SSSR count). The smallest absolute Gasteiger partial charge is 0.251 e. The number of halogens is 1. The van der Waals surface area contributed by atoms with Crippen LogP contribution in [-0.2, 0) is 0 Å². The van der Waals surface area contributed by atoms with E-state index >= 15 is 0 Å². The van der Waals surface area contributed by atoms with Gasteiger partial charge in [-0.1, -0.05) is 0 Å². The summed E-state index contributed by atoms with van der Waals surface area (Å²) in [6.45, 7) is 4.20. The van der Waals surface area contributed by atoms with Gasteiger partial charge in [-0.25, -0.2) is 4.39 Å². The van der Waals surface area contributed by atoms with Crippen molar-refractivity contribution in [3.63, 3.8) is 0 Å². The molecule has 1 atom stereocenters. The molecule has 0 aromatic heterocycles. The van der Waals surface area contributed by atoms with Gasteiger partial charge >= 0.3 is 0 Å². The summed E-state index contributed by atoms with van der Waals surface area (Å²) in [4.78, 5) is 11.8. The summed E-state index contributed by atoms with van der Waals surface area (Å²) in [5.41, 5.74) is 6.37. The van der Waals surface area contributed by atoms with Crippen LogP contribution < -0.4 is 11.1 Å². The molecule has 0 saturated heterocycles. The van der Waals surface area contributed by atoms with Crippen molar-refractivity contribution in [3.8, 4) is 0 Å². The van der Waals surface area contributed by atoms with Crippen LogP contribution in [0.4, 0.5) is 4.39 Å². The Morgan fingerprint density at radius 2 is 2.24 bits per heavy atom. The maximum atomic E-state index is 13.0. The maximum absolute atomic E-state index is 13.0. The number of carbonyl (C=O) groups is 1. The Hall–Kier alpha value is -1.42. The topological polar surface area (TPSA) is 55.1 Å². The van der Waals surface area contributed by atoms with Crippen LogP contribution >= 0.6 is 0 Å². The molecule has 3 N–H and O–H groups in total. The monoisotopic (exact) mass is 238 g/mol. The molecule has 1 unspecified atom stereocenters. The summed E-state index contributed by atoms with van der Waals surface area (Å²) in [6.07, 6.45) is 1.73. The third-order valence-corrected chi connectivity index (χ3v) is 2.64. The average molecular weight is 238 g/mol. The first kappa shape index (κ1) is 13.6. The Morgan fingerprint density at radius 3 is 2.82 bits per heavy atom. The molecule has 0 bridgehead atoms. The van der Waals surface area contributed by atoms with Crippen molar-refractivity contribution in [2.24, 2.45) is 5.73 Å². The molecule has 1 amide bonds. The predicted molar refractivity (Wildman–Crippen MR) is 66.4 cm³/mol. The number of aryl methyl sites for hydroxylation is 1. The molecule has 4 heteroatoms. The van der Waals surface area contributed by atoms with Crippen LogP contribution in [0.25, 0.3) is 0 Å². The highest BCUT2D eigenvalue weighted by molar-refractivity contribution is 5.94. The van der Waals surface area contributed by atoms with Gasteiger partial charge in [-0.15, -0.1) is 0 Å². The molecule has 0 aliphatic rings. The molecule has 17 heavy (non-hydrogen) atoms. The van der Waals surface area contributed by atoms with Gasteiger partial charge in [0.05, 0.1) is 0 Å². The first-order chi connectivity index (χ1) is 8.04. The van der Waals surface area contributed by atoms with Crippen LogP contribution in [0.1, 0.15) is 35.7 Å². The minimum absolute atomic E-state index is 0.0800. The van der Waals surface area contributed by atoms with E-state index in [1.54, 1.807) is 13.0 Å². The summed E-state index contributed by atoms with van der Waals surface area (Å²) in [6, 6.07) is 4.44. The highest BCUT2D eigenvalue weighted by Gasteiger charge is 2.10. The molecule has 0 radical (unpaired) electrons. The number of nitrogens with one attached hydrogen (secondary N) is 1. The average Bonchev–Trinajstić information content (AvgIpc) is 2.30. The molecular weight excluding hydrogens is 219 g/mol.